The Hall–Kier alpha value is -1.23. The molecular formula is C11H14F2N2S. The molecule has 0 saturated heterocycles. The van der Waals surface area contributed by atoms with Crippen molar-refractivity contribution in [1.82, 2.24) is 0 Å². The summed E-state index contributed by atoms with van der Waals surface area (Å²) in [7, 11) is 0. The maximum absolute atomic E-state index is 13.7. The van der Waals surface area contributed by atoms with Gasteiger partial charge in [-0.15, -0.1) is 0 Å². The number of nitrogens with two attached hydrogens (primary N) is 1. The third-order valence-electron chi connectivity index (χ3n) is 2.38. The number of rotatable bonds is 4. The van der Waals surface area contributed by atoms with E-state index in [9.17, 15) is 8.78 Å². The van der Waals surface area contributed by atoms with Crippen molar-refractivity contribution in [3.63, 3.8) is 0 Å². The highest BCUT2D eigenvalue weighted by Crippen LogP contribution is 2.24. The molecule has 0 fully saturated rings. The highest BCUT2D eigenvalue weighted by atomic mass is 32.1. The molecular weight excluding hydrogens is 230 g/mol. The van der Waals surface area contributed by atoms with Crippen LogP contribution in [0.1, 0.15) is 19.4 Å². The SMILES string of the molecule is CCN(CC)c1c(F)cc(C(N)=S)cc1F. The number of hydrogen-bond acceptors (Lipinski definition) is 2. The molecule has 1 aromatic carbocycles. The minimum Gasteiger partial charge on any atom is -0.389 e. The van der Waals surface area contributed by atoms with E-state index in [1.54, 1.807) is 4.90 Å². The van der Waals surface area contributed by atoms with Crippen LogP contribution in [0.3, 0.4) is 0 Å². The van der Waals surface area contributed by atoms with Crippen molar-refractivity contribution in [2.75, 3.05) is 18.0 Å². The Morgan fingerprint density at radius 2 is 1.69 bits per heavy atom. The molecule has 0 heterocycles. The van der Waals surface area contributed by atoms with Crippen LogP contribution in [-0.2, 0) is 0 Å². The summed E-state index contributed by atoms with van der Waals surface area (Å²) in [4.78, 5) is 1.59. The van der Waals surface area contributed by atoms with Crippen molar-refractivity contribution in [3.05, 3.63) is 29.3 Å². The lowest BCUT2D eigenvalue weighted by Gasteiger charge is -2.22. The zero-order chi connectivity index (χ0) is 12.3. The smallest absolute Gasteiger partial charge is 0.150 e. The van der Waals surface area contributed by atoms with Gasteiger partial charge in [-0.1, -0.05) is 12.2 Å². The van der Waals surface area contributed by atoms with Crippen LogP contribution in [0.25, 0.3) is 0 Å². The fraction of sp³-hybridized carbons (Fsp3) is 0.364. The van der Waals surface area contributed by atoms with Crippen LogP contribution in [0.15, 0.2) is 12.1 Å². The Kier molecular flexibility index (Phi) is 4.18. The number of benzene rings is 1. The summed E-state index contributed by atoms with van der Waals surface area (Å²) in [6.07, 6.45) is 0. The summed E-state index contributed by atoms with van der Waals surface area (Å²) in [6.45, 7) is 4.75. The molecule has 88 valence electrons. The van der Waals surface area contributed by atoms with E-state index in [1.807, 2.05) is 13.8 Å². The van der Waals surface area contributed by atoms with Gasteiger partial charge in [-0.25, -0.2) is 8.78 Å². The first-order valence-corrected chi connectivity index (χ1v) is 5.45. The number of halogens is 2. The van der Waals surface area contributed by atoms with Crippen LogP contribution < -0.4 is 10.6 Å². The molecule has 1 rings (SSSR count). The summed E-state index contributed by atoms with van der Waals surface area (Å²) < 4.78 is 27.4. The summed E-state index contributed by atoms with van der Waals surface area (Å²) in [5, 5.41) is 0. The Balaban J connectivity index is 3.26. The van der Waals surface area contributed by atoms with E-state index in [0.29, 0.717) is 13.1 Å². The van der Waals surface area contributed by atoms with Gasteiger partial charge in [-0.2, -0.15) is 0 Å². The van der Waals surface area contributed by atoms with E-state index in [1.165, 1.54) is 12.1 Å². The average molecular weight is 244 g/mol. The molecule has 0 bridgehead atoms. The molecule has 0 aromatic heterocycles. The van der Waals surface area contributed by atoms with Gasteiger partial charge >= 0.3 is 0 Å². The second-order valence-electron chi connectivity index (χ2n) is 3.33. The van der Waals surface area contributed by atoms with Gasteiger partial charge in [0.25, 0.3) is 0 Å². The van der Waals surface area contributed by atoms with Gasteiger partial charge in [0.2, 0.25) is 0 Å². The van der Waals surface area contributed by atoms with E-state index in [0.717, 1.165) is 0 Å². The minimum absolute atomic E-state index is 0.0103. The highest BCUT2D eigenvalue weighted by molar-refractivity contribution is 7.80. The van der Waals surface area contributed by atoms with Gasteiger partial charge in [0.1, 0.15) is 22.3 Å². The second-order valence-corrected chi connectivity index (χ2v) is 3.76. The molecule has 0 spiro atoms. The lowest BCUT2D eigenvalue weighted by molar-refractivity contribution is 0.573. The van der Waals surface area contributed by atoms with E-state index in [-0.39, 0.29) is 16.2 Å². The molecule has 16 heavy (non-hydrogen) atoms. The van der Waals surface area contributed by atoms with E-state index >= 15 is 0 Å². The molecule has 1 aromatic rings. The first kappa shape index (κ1) is 12.8. The zero-order valence-electron chi connectivity index (χ0n) is 9.26. The number of thiocarbonyl (C=S) groups is 1. The monoisotopic (exact) mass is 244 g/mol. The fourth-order valence-corrected chi connectivity index (χ4v) is 1.67. The molecule has 0 radical (unpaired) electrons. The van der Waals surface area contributed by atoms with Crippen LogP contribution in [0.4, 0.5) is 14.5 Å². The Bertz CT molecular complexity index is 380. The molecule has 2 N–H and O–H groups in total. The van der Waals surface area contributed by atoms with E-state index in [2.05, 4.69) is 12.2 Å². The Labute approximate surface area is 99.0 Å². The number of anilines is 1. The quantitative estimate of drug-likeness (QED) is 0.825. The molecule has 0 saturated carbocycles. The van der Waals surface area contributed by atoms with Crippen LogP contribution in [-0.4, -0.2) is 18.1 Å². The van der Waals surface area contributed by atoms with E-state index < -0.39 is 11.6 Å². The van der Waals surface area contributed by atoms with Crippen LogP contribution in [0, 0.1) is 11.6 Å². The predicted octanol–water partition coefficient (Wildman–Crippen LogP) is 2.45. The molecule has 0 unspecified atom stereocenters. The highest BCUT2D eigenvalue weighted by Gasteiger charge is 2.16. The summed E-state index contributed by atoms with van der Waals surface area (Å²) in [6, 6.07) is 2.33. The maximum Gasteiger partial charge on any atom is 0.150 e. The molecule has 5 heteroatoms. The molecule has 2 nitrogen and oxygen atoms in total. The van der Waals surface area contributed by atoms with Crippen molar-refractivity contribution in [1.29, 1.82) is 0 Å². The van der Waals surface area contributed by atoms with Gasteiger partial charge in [-0.05, 0) is 26.0 Å². The van der Waals surface area contributed by atoms with Crippen molar-refractivity contribution in [2.24, 2.45) is 5.73 Å². The standard InChI is InChI=1S/C11H14F2N2S/c1-3-15(4-2)10-8(12)5-7(11(14)16)6-9(10)13/h5-6H,3-4H2,1-2H3,(H2,14,16). The van der Waals surface area contributed by atoms with Crippen molar-refractivity contribution < 1.29 is 8.78 Å². The van der Waals surface area contributed by atoms with Crippen molar-refractivity contribution in [3.8, 4) is 0 Å². The topological polar surface area (TPSA) is 29.3 Å². The first-order valence-electron chi connectivity index (χ1n) is 5.05. The Morgan fingerprint density at radius 3 is 2.00 bits per heavy atom. The van der Waals surface area contributed by atoms with Gasteiger partial charge < -0.3 is 10.6 Å². The number of nitrogens with zero attached hydrogens (tertiary/aromatic N) is 1. The largest absolute Gasteiger partial charge is 0.389 e. The molecule has 0 aliphatic rings. The Morgan fingerprint density at radius 1 is 1.25 bits per heavy atom. The second kappa shape index (κ2) is 5.21. The zero-order valence-corrected chi connectivity index (χ0v) is 10.1. The van der Waals surface area contributed by atoms with Crippen LogP contribution in [0.5, 0.6) is 0 Å². The minimum atomic E-state index is -0.633. The predicted molar refractivity (Wildman–Crippen MR) is 65.8 cm³/mol. The van der Waals surface area contributed by atoms with Crippen LogP contribution >= 0.6 is 12.2 Å². The third kappa shape index (κ3) is 2.47. The van der Waals surface area contributed by atoms with Gasteiger partial charge in [0, 0.05) is 18.7 Å². The van der Waals surface area contributed by atoms with Gasteiger partial charge in [0.15, 0.2) is 0 Å². The maximum atomic E-state index is 13.7. The van der Waals surface area contributed by atoms with Crippen molar-refractivity contribution in [2.45, 2.75) is 13.8 Å². The molecule has 0 atom stereocenters. The summed E-state index contributed by atoms with van der Waals surface area (Å²) in [5.41, 5.74) is 5.51. The fourth-order valence-electron chi connectivity index (χ4n) is 1.55. The third-order valence-corrected chi connectivity index (χ3v) is 2.62. The molecule has 0 amide bonds. The lowest BCUT2D eigenvalue weighted by atomic mass is 10.1. The average Bonchev–Trinajstić information content (AvgIpc) is 2.22. The van der Waals surface area contributed by atoms with Gasteiger partial charge in [0.05, 0.1) is 0 Å². The summed E-state index contributed by atoms with van der Waals surface area (Å²) >= 11 is 4.68. The molecule has 0 aliphatic heterocycles. The van der Waals surface area contributed by atoms with Crippen LogP contribution in [0.2, 0.25) is 0 Å². The van der Waals surface area contributed by atoms with E-state index in [4.69, 9.17) is 5.73 Å². The van der Waals surface area contributed by atoms with Gasteiger partial charge in [-0.3, -0.25) is 0 Å². The molecule has 0 aliphatic carbocycles. The first-order chi connectivity index (χ1) is 7.51. The van der Waals surface area contributed by atoms with Crippen molar-refractivity contribution >= 4 is 22.9 Å². The normalized spacial score (nSPS) is 10.2. The number of hydrogen-bond donors (Lipinski definition) is 1. The lowest BCUT2D eigenvalue weighted by Crippen LogP contribution is -2.24. The summed E-state index contributed by atoms with van der Waals surface area (Å²) in [5.74, 6) is -1.27.